The van der Waals surface area contributed by atoms with Crippen LogP contribution in [0, 0.1) is 0 Å². The third kappa shape index (κ3) is 4.75. The van der Waals surface area contributed by atoms with Crippen molar-refractivity contribution in [2.24, 2.45) is 0 Å². The molecule has 51 heavy (non-hydrogen) atoms. The second kappa shape index (κ2) is 11.6. The molecule has 242 valence electrons. The maximum Gasteiger partial charge on any atom is 0.0476 e. The molecule has 10 rings (SSSR count). The summed E-state index contributed by atoms with van der Waals surface area (Å²) in [5, 5.41) is 5.22. The van der Waals surface area contributed by atoms with Gasteiger partial charge in [0.05, 0.1) is 0 Å². The van der Waals surface area contributed by atoms with Crippen molar-refractivity contribution in [2.75, 3.05) is 4.90 Å². The summed E-state index contributed by atoms with van der Waals surface area (Å²) in [5.41, 5.74) is 13.7. The van der Waals surface area contributed by atoms with Gasteiger partial charge in [-0.25, -0.2) is 0 Å². The summed E-state index contributed by atoms with van der Waals surface area (Å²) in [6.45, 7) is 4.72. The van der Waals surface area contributed by atoms with Gasteiger partial charge in [0.2, 0.25) is 0 Å². The van der Waals surface area contributed by atoms with Crippen LogP contribution in [0.15, 0.2) is 176 Å². The van der Waals surface area contributed by atoms with Crippen LogP contribution in [0.1, 0.15) is 25.0 Å². The van der Waals surface area contributed by atoms with Gasteiger partial charge in [0.15, 0.2) is 0 Å². The highest BCUT2D eigenvalue weighted by atomic mass is 32.1. The fourth-order valence-electron chi connectivity index (χ4n) is 8.32. The molecule has 0 spiro atoms. The molecule has 0 amide bonds. The van der Waals surface area contributed by atoms with Crippen molar-refractivity contribution in [3.8, 4) is 33.4 Å². The molecule has 8 aromatic carbocycles. The minimum Gasteiger partial charge on any atom is -0.310 e. The molecule has 9 aromatic rings. The molecule has 0 radical (unpaired) electrons. The van der Waals surface area contributed by atoms with E-state index in [4.69, 9.17) is 0 Å². The average molecular weight is 670 g/mol. The summed E-state index contributed by atoms with van der Waals surface area (Å²) in [4.78, 5) is 2.45. The zero-order valence-electron chi connectivity index (χ0n) is 28.6. The van der Waals surface area contributed by atoms with Gasteiger partial charge in [0, 0.05) is 48.0 Å². The lowest BCUT2D eigenvalue weighted by Gasteiger charge is -2.28. The van der Waals surface area contributed by atoms with Gasteiger partial charge >= 0.3 is 0 Å². The number of hydrogen-bond acceptors (Lipinski definition) is 2. The normalized spacial score (nSPS) is 13.1. The van der Waals surface area contributed by atoms with E-state index < -0.39 is 0 Å². The van der Waals surface area contributed by atoms with Crippen LogP contribution in [0.25, 0.3) is 64.3 Å². The molecule has 0 unspecified atom stereocenters. The molecule has 1 aromatic heterocycles. The first kappa shape index (κ1) is 29.9. The molecule has 1 nitrogen and oxygen atoms in total. The molecule has 0 fully saturated rings. The molecular formula is C49H35NS. The van der Waals surface area contributed by atoms with E-state index in [1.54, 1.807) is 0 Å². The van der Waals surface area contributed by atoms with Crippen LogP contribution in [0.5, 0.6) is 0 Å². The number of hydrogen-bond donors (Lipinski definition) is 0. The Bertz CT molecular complexity index is 2770. The monoisotopic (exact) mass is 669 g/mol. The SMILES string of the molecule is CC1(C)c2ccccc2-c2ccc(N(c3cccc(-c4ccccc4)c3)c3ccc4c(c3)sc3c5ccccc5c(-c5ccccc5)cc43)cc21. The van der Waals surface area contributed by atoms with E-state index in [1.165, 1.54) is 75.5 Å². The van der Waals surface area contributed by atoms with E-state index in [2.05, 4.69) is 195 Å². The van der Waals surface area contributed by atoms with Crippen molar-refractivity contribution in [3.05, 3.63) is 187 Å². The van der Waals surface area contributed by atoms with Gasteiger partial charge in [-0.3, -0.25) is 0 Å². The minimum atomic E-state index is -0.0908. The number of benzene rings is 8. The second-order valence-corrected chi connectivity index (χ2v) is 15.2. The predicted molar refractivity (Wildman–Crippen MR) is 220 cm³/mol. The van der Waals surface area contributed by atoms with E-state index in [0.29, 0.717) is 0 Å². The van der Waals surface area contributed by atoms with Gasteiger partial charge in [-0.1, -0.05) is 147 Å². The molecule has 0 saturated carbocycles. The maximum atomic E-state index is 2.45. The molecule has 1 aliphatic carbocycles. The Morgan fingerprint density at radius 3 is 1.84 bits per heavy atom. The topological polar surface area (TPSA) is 3.24 Å². The summed E-state index contributed by atoms with van der Waals surface area (Å²) >= 11 is 1.90. The zero-order valence-corrected chi connectivity index (χ0v) is 29.4. The zero-order chi connectivity index (χ0) is 34.1. The Balaban J connectivity index is 1.18. The summed E-state index contributed by atoms with van der Waals surface area (Å²) in [5.74, 6) is 0. The number of anilines is 3. The van der Waals surface area contributed by atoms with Crippen LogP contribution in [-0.2, 0) is 5.41 Å². The van der Waals surface area contributed by atoms with Gasteiger partial charge in [-0.15, -0.1) is 11.3 Å². The molecule has 0 atom stereocenters. The van der Waals surface area contributed by atoms with Crippen molar-refractivity contribution in [3.63, 3.8) is 0 Å². The van der Waals surface area contributed by atoms with Gasteiger partial charge < -0.3 is 4.90 Å². The summed E-state index contributed by atoms with van der Waals surface area (Å²) in [6, 6.07) is 64.8. The Hall–Kier alpha value is -5.96. The standard InChI is InChI=1S/C49H35NS/c1-49(2)45-23-12-11-21-39(45)40-26-24-36(29-46(40)49)50(35-19-13-18-34(28-35)32-14-5-3-6-15-32)37-25-27-41-44-31-43(33-16-7-4-8-17-33)38-20-9-10-22-42(38)48(44)51-47(41)30-37/h3-31H,1-2H3. The molecular weight excluding hydrogens is 635 g/mol. The van der Waals surface area contributed by atoms with E-state index in [-0.39, 0.29) is 5.41 Å². The molecule has 2 heteroatoms. The molecule has 0 bridgehead atoms. The molecule has 0 aliphatic heterocycles. The average Bonchev–Trinajstić information content (AvgIpc) is 3.67. The van der Waals surface area contributed by atoms with Crippen LogP contribution in [0.4, 0.5) is 17.1 Å². The van der Waals surface area contributed by atoms with Gasteiger partial charge in [0.25, 0.3) is 0 Å². The number of nitrogens with zero attached hydrogens (tertiary/aromatic N) is 1. The Labute approximate surface area is 302 Å². The second-order valence-electron chi connectivity index (χ2n) is 14.1. The summed E-state index contributed by atoms with van der Waals surface area (Å²) < 4.78 is 2.63. The fraction of sp³-hybridized carbons (Fsp3) is 0.0612. The lowest BCUT2D eigenvalue weighted by Crippen LogP contribution is -2.16. The Morgan fingerprint density at radius 2 is 1.02 bits per heavy atom. The van der Waals surface area contributed by atoms with E-state index >= 15 is 0 Å². The van der Waals surface area contributed by atoms with Crippen molar-refractivity contribution in [1.29, 1.82) is 0 Å². The molecule has 1 heterocycles. The smallest absolute Gasteiger partial charge is 0.0476 e. The first-order valence-corrected chi connectivity index (χ1v) is 18.5. The van der Waals surface area contributed by atoms with E-state index in [0.717, 1.165) is 17.1 Å². The fourth-order valence-corrected chi connectivity index (χ4v) is 9.57. The van der Waals surface area contributed by atoms with Crippen molar-refractivity contribution in [2.45, 2.75) is 19.3 Å². The van der Waals surface area contributed by atoms with Crippen LogP contribution in [0.3, 0.4) is 0 Å². The summed E-state index contributed by atoms with van der Waals surface area (Å²) in [7, 11) is 0. The lowest BCUT2D eigenvalue weighted by atomic mass is 9.82. The summed E-state index contributed by atoms with van der Waals surface area (Å²) in [6.07, 6.45) is 0. The van der Waals surface area contributed by atoms with Gasteiger partial charge in [-0.05, 0) is 92.4 Å². The van der Waals surface area contributed by atoms with Crippen LogP contribution in [-0.4, -0.2) is 0 Å². The van der Waals surface area contributed by atoms with Crippen LogP contribution >= 0.6 is 11.3 Å². The van der Waals surface area contributed by atoms with Crippen molar-refractivity contribution >= 4 is 59.3 Å². The molecule has 1 aliphatic rings. The number of fused-ring (bicyclic) bond motifs is 8. The van der Waals surface area contributed by atoms with Crippen LogP contribution in [0.2, 0.25) is 0 Å². The highest BCUT2D eigenvalue weighted by Crippen LogP contribution is 2.51. The third-order valence-corrected chi connectivity index (χ3v) is 12.0. The number of rotatable bonds is 5. The first-order chi connectivity index (χ1) is 25.0. The van der Waals surface area contributed by atoms with E-state index in [9.17, 15) is 0 Å². The maximum absolute atomic E-state index is 2.45. The molecule has 0 saturated heterocycles. The highest BCUT2D eigenvalue weighted by molar-refractivity contribution is 7.26. The van der Waals surface area contributed by atoms with Crippen molar-refractivity contribution in [1.82, 2.24) is 0 Å². The Kier molecular flexibility index (Phi) is 6.78. The third-order valence-electron chi connectivity index (χ3n) is 10.8. The minimum absolute atomic E-state index is 0.0908. The van der Waals surface area contributed by atoms with Gasteiger partial charge in [0.1, 0.15) is 0 Å². The largest absolute Gasteiger partial charge is 0.310 e. The highest BCUT2D eigenvalue weighted by Gasteiger charge is 2.35. The first-order valence-electron chi connectivity index (χ1n) is 17.7. The molecule has 0 N–H and O–H groups in total. The van der Waals surface area contributed by atoms with Crippen LogP contribution < -0.4 is 4.90 Å². The lowest BCUT2D eigenvalue weighted by molar-refractivity contribution is 0.660. The van der Waals surface area contributed by atoms with Crippen molar-refractivity contribution < 1.29 is 0 Å². The number of thiophene rings is 1. The predicted octanol–water partition coefficient (Wildman–Crippen LogP) is 14.3. The Morgan fingerprint density at radius 1 is 0.392 bits per heavy atom. The quantitative estimate of drug-likeness (QED) is 0.176. The van der Waals surface area contributed by atoms with E-state index in [1.807, 2.05) is 11.3 Å². The van der Waals surface area contributed by atoms with Gasteiger partial charge in [-0.2, -0.15) is 0 Å².